The smallest absolute Gasteiger partial charge is 0.255 e. The summed E-state index contributed by atoms with van der Waals surface area (Å²) in [5.74, 6) is 5.02. The summed E-state index contributed by atoms with van der Waals surface area (Å²) in [7, 11) is 0. The first-order valence-electron chi connectivity index (χ1n) is 6.13. The molecule has 4 N–H and O–H groups in total. The van der Waals surface area contributed by atoms with Crippen LogP contribution >= 0.6 is 11.6 Å². The molecular weight excluding hydrogens is 288 g/mol. The molecule has 0 aromatic heterocycles. The van der Waals surface area contributed by atoms with Crippen molar-refractivity contribution in [1.82, 2.24) is 0 Å². The van der Waals surface area contributed by atoms with Gasteiger partial charge in [-0.05, 0) is 48.9 Å². The fourth-order valence-corrected chi connectivity index (χ4v) is 2.05. The Morgan fingerprint density at radius 2 is 2.05 bits per heavy atom. The van der Waals surface area contributed by atoms with Crippen molar-refractivity contribution in [3.63, 3.8) is 0 Å². The van der Waals surface area contributed by atoms with Gasteiger partial charge in [-0.3, -0.25) is 10.6 Å². The van der Waals surface area contributed by atoms with Gasteiger partial charge in [0.2, 0.25) is 0 Å². The molecule has 0 aliphatic heterocycles. The largest absolute Gasteiger partial charge is 0.324 e. The van der Waals surface area contributed by atoms with Gasteiger partial charge in [0.15, 0.2) is 0 Å². The molecule has 0 radical (unpaired) electrons. The molecule has 6 heteroatoms. The molecule has 0 unspecified atom stereocenters. The van der Waals surface area contributed by atoms with E-state index in [0.717, 1.165) is 5.56 Å². The van der Waals surface area contributed by atoms with Gasteiger partial charge in [-0.2, -0.15) is 5.26 Å². The van der Waals surface area contributed by atoms with E-state index in [0.29, 0.717) is 27.5 Å². The fraction of sp³-hybridized carbons (Fsp3) is 0.0667. The fourth-order valence-electron chi connectivity index (χ4n) is 1.89. The number of hydrogen-bond donors (Lipinski definition) is 3. The number of rotatable bonds is 3. The van der Waals surface area contributed by atoms with E-state index in [1.807, 2.05) is 13.0 Å². The molecule has 0 heterocycles. The first kappa shape index (κ1) is 14.9. The SMILES string of the molecule is Cc1cc(NN)ccc1C(=O)Nc1cc(C#N)ccc1Cl. The summed E-state index contributed by atoms with van der Waals surface area (Å²) in [6, 6.07) is 11.8. The number of nitriles is 1. The van der Waals surface area contributed by atoms with E-state index in [1.54, 1.807) is 30.3 Å². The van der Waals surface area contributed by atoms with Crippen molar-refractivity contribution in [3.05, 3.63) is 58.1 Å². The van der Waals surface area contributed by atoms with Gasteiger partial charge in [0, 0.05) is 11.3 Å². The van der Waals surface area contributed by atoms with Gasteiger partial charge in [0.05, 0.1) is 22.3 Å². The quantitative estimate of drug-likeness (QED) is 0.600. The summed E-state index contributed by atoms with van der Waals surface area (Å²) in [4.78, 5) is 12.3. The Morgan fingerprint density at radius 3 is 2.67 bits per heavy atom. The average molecular weight is 301 g/mol. The highest BCUT2D eigenvalue weighted by molar-refractivity contribution is 6.34. The molecule has 2 aromatic carbocycles. The number of hydrazine groups is 1. The van der Waals surface area contributed by atoms with Crippen LogP contribution < -0.4 is 16.6 Å². The first-order valence-corrected chi connectivity index (χ1v) is 6.51. The summed E-state index contributed by atoms with van der Waals surface area (Å²) in [5.41, 5.74) is 5.34. The third kappa shape index (κ3) is 3.31. The Hall–Kier alpha value is -2.55. The second-order valence-electron chi connectivity index (χ2n) is 4.43. The third-order valence-corrected chi connectivity index (χ3v) is 3.31. The van der Waals surface area contributed by atoms with Gasteiger partial charge in [-0.15, -0.1) is 0 Å². The number of nitrogens with two attached hydrogens (primary N) is 1. The number of halogens is 1. The lowest BCUT2D eigenvalue weighted by atomic mass is 10.1. The van der Waals surface area contributed by atoms with Crippen molar-refractivity contribution in [2.24, 2.45) is 5.84 Å². The van der Waals surface area contributed by atoms with E-state index in [1.165, 1.54) is 6.07 Å². The average Bonchev–Trinajstić information content (AvgIpc) is 2.49. The number of benzene rings is 2. The van der Waals surface area contributed by atoms with Crippen molar-refractivity contribution in [2.45, 2.75) is 6.92 Å². The second-order valence-corrected chi connectivity index (χ2v) is 4.84. The second kappa shape index (κ2) is 6.27. The minimum atomic E-state index is -0.298. The highest BCUT2D eigenvalue weighted by Crippen LogP contribution is 2.24. The summed E-state index contributed by atoms with van der Waals surface area (Å²) in [6.45, 7) is 1.81. The molecule has 0 atom stereocenters. The minimum Gasteiger partial charge on any atom is -0.324 e. The maximum absolute atomic E-state index is 12.3. The normalized spacial score (nSPS) is 9.81. The highest BCUT2D eigenvalue weighted by atomic mass is 35.5. The van der Waals surface area contributed by atoms with Crippen LogP contribution in [-0.2, 0) is 0 Å². The zero-order valence-electron chi connectivity index (χ0n) is 11.3. The van der Waals surface area contributed by atoms with E-state index < -0.39 is 0 Å². The molecule has 0 spiro atoms. The van der Waals surface area contributed by atoms with Crippen LogP contribution in [0.3, 0.4) is 0 Å². The summed E-state index contributed by atoms with van der Waals surface area (Å²) < 4.78 is 0. The molecular formula is C15H13ClN4O. The number of hydrogen-bond acceptors (Lipinski definition) is 4. The van der Waals surface area contributed by atoms with E-state index in [2.05, 4.69) is 10.7 Å². The van der Waals surface area contributed by atoms with Crippen LogP contribution in [0.1, 0.15) is 21.5 Å². The molecule has 5 nitrogen and oxygen atoms in total. The van der Waals surface area contributed by atoms with Gasteiger partial charge in [-0.25, -0.2) is 0 Å². The van der Waals surface area contributed by atoms with Gasteiger partial charge in [-0.1, -0.05) is 11.6 Å². The molecule has 0 aliphatic rings. The Bertz CT molecular complexity index is 737. The maximum Gasteiger partial charge on any atom is 0.255 e. The van der Waals surface area contributed by atoms with Crippen molar-refractivity contribution < 1.29 is 4.79 Å². The number of anilines is 2. The van der Waals surface area contributed by atoms with E-state index in [4.69, 9.17) is 22.7 Å². The van der Waals surface area contributed by atoms with Crippen LogP contribution in [0.25, 0.3) is 0 Å². The van der Waals surface area contributed by atoms with Gasteiger partial charge < -0.3 is 10.7 Å². The molecule has 2 aromatic rings. The van der Waals surface area contributed by atoms with Crippen molar-refractivity contribution >= 4 is 28.9 Å². The van der Waals surface area contributed by atoms with Gasteiger partial charge in [0.25, 0.3) is 5.91 Å². The lowest BCUT2D eigenvalue weighted by Gasteiger charge is -2.10. The van der Waals surface area contributed by atoms with Crippen LogP contribution in [0.2, 0.25) is 5.02 Å². The number of amides is 1. The highest BCUT2D eigenvalue weighted by Gasteiger charge is 2.12. The zero-order valence-corrected chi connectivity index (χ0v) is 12.0. The van der Waals surface area contributed by atoms with Crippen molar-refractivity contribution in [1.29, 1.82) is 5.26 Å². The van der Waals surface area contributed by atoms with Crippen molar-refractivity contribution in [3.8, 4) is 6.07 Å². The number of nitrogen functional groups attached to an aromatic ring is 1. The molecule has 2 rings (SSSR count). The Kier molecular flexibility index (Phi) is 4.43. The summed E-state index contributed by atoms with van der Waals surface area (Å²) in [6.07, 6.45) is 0. The van der Waals surface area contributed by atoms with Gasteiger partial charge >= 0.3 is 0 Å². The zero-order chi connectivity index (χ0) is 15.4. The molecule has 0 bridgehead atoms. The molecule has 21 heavy (non-hydrogen) atoms. The summed E-state index contributed by atoms with van der Waals surface area (Å²) in [5, 5.41) is 12.0. The topological polar surface area (TPSA) is 90.9 Å². The monoisotopic (exact) mass is 300 g/mol. The maximum atomic E-state index is 12.3. The minimum absolute atomic E-state index is 0.298. The predicted octanol–water partition coefficient (Wildman–Crippen LogP) is 3.06. The molecule has 106 valence electrons. The Morgan fingerprint density at radius 1 is 1.29 bits per heavy atom. The molecule has 0 saturated carbocycles. The lowest BCUT2D eigenvalue weighted by Crippen LogP contribution is -2.14. The number of nitrogens with zero attached hydrogens (tertiary/aromatic N) is 1. The summed E-state index contributed by atoms with van der Waals surface area (Å²) >= 11 is 6.02. The first-order chi connectivity index (χ1) is 10.0. The predicted molar refractivity (Wildman–Crippen MR) is 83.1 cm³/mol. The van der Waals surface area contributed by atoms with Gasteiger partial charge in [0.1, 0.15) is 0 Å². The Labute approximate surface area is 127 Å². The standard InChI is InChI=1S/C15H13ClN4O/c1-9-6-11(20-18)3-4-12(9)15(21)19-14-7-10(8-17)2-5-13(14)16/h2-7,20H,18H2,1H3,(H,19,21). The Balaban J connectivity index is 2.28. The van der Waals surface area contributed by atoms with E-state index >= 15 is 0 Å². The molecule has 0 saturated heterocycles. The van der Waals surface area contributed by atoms with Crippen LogP contribution in [0, 0.1) is 18.3 Å². The van der Waals surface area contributed by atoms with Crippen LogP contribution in [0.15, 0.2) is 36.4 Å². The van der Waals surface area contributed by atoms with E-state index in [9.17, 15) is 4.79 Å². The number of carbonyl (C=O) groups is 1. The third-order valence-electron chi connectivity index (χ3n) is 2.98. The molecule has 0 fully saturated rings. The number of carbonyl (C=O) groups excluding carboxylic acids is 1. The van der Waals surface area contributed by atoms with Crippen molar-refractivity contribution in [2.75, 3.05) is 10.7 Å². The van der Waals surface area contributed by atoms with E-state index in [-0.39, 0.29) is 5.91 Å². The number of nitrogens with one attached hydrogen (secondary N) is 2. The van der Waals surface area contributed by atoms with Crippen LogP contribution in [0.4, 0.5) is 11.4 Å². The molecule has 0 aliphatic carbocycles. The van der Waals surface area contributed by atoms with Crippen LogP contribution in [0.5, 0.6) is 0 Å². The number of aryl methyl sites for hydroxylation is 1. The van der Waals surface area contributed by atoms with Crippen LogP contribution in [-0.4, -0.2) is 5.91 Å². The lowest BCUT2D eigenvalue weighted by molar-refractivity contribution is 0.102. The molecule has 1 amide bonds.